The first-order valence-corrected chi connectivity index (χ1v) is 19.4. The van der Waals surface area contributed by atoms with Crippen LogP contribution in [0.25, 0.3) is 0 Å². The molecule has 3 unspecified atom stereocenters. The fourth-order valence-electron chi connectivity index (χ4n) is 4.45. The van der Waals surface area contributed by atoms with E-state index >= 15 is 0 Å². The molecule has 312 valence electrons. The van der Waals surface area contributed by atoms with E-state index in [2.05, 4.69) is 16.0 Å². The highest BCUT2D eigenvalue weighted by Gasteiger charge is 2.30. The number of carbonyl (C=O) groups excluding carboxylic acids is 7. The minimum atomic E-state index is -1.34. The van der Waals surface area contributed by atoms with Crippen molar-refractivity contribution in [3.63, 3.8) is 0 Å². The zero-order chi connectivity index (χ0) is 40.4. The summed E-state index contributed by atoms with van der Waals surface area (Å²) in [6.07, 6.45) is 4.64. The molecule has 0 fully saturated rings. The van der Waals surface area contributed by atoms with Crippen molar-refractivity contribution < 1.29 is 62.0 Å². The van der Waals surface area contributed by atoms with Crippen molar-refractivity contribution in [1.82, 2.24) is 16.0 Å². The zero-order valence-corrected chi connectivity index (χ0v) is 32.9. The third-order valence-corrected chi connectivity index (χ3v) is 7.68. The third-order valence-electron chi connectivity index (χ3n) is 7.68. The van der Waals surface area contributed by atoms with Crippen LogP contribution >= 0.6 is 0 Å². The Labute approximate surface area is 320 Å². The van der Waals surface area contributed by atoms with Crippen LogP contribution in [-0.2, 0) is 62.0 Å². The second-order valence-corrected chi connectivity index (χ2v) is 12.6. The van der Waals surface area contributed by atoms with E-state index in [1.807, 2.05) is 27.7 Å². The number of rotatable bonds is 34. The highest BCUT2D eigenvalue weighted by atomic mass is 16.5. The molecule has 54 heavy (non-hydrogen) atoms. The molecule has 0 aromatic carbocycles. The number of hydrogen-bond donors (Lipinski definition) is 4. The maximum absolute atomic E-state index is 13.6. The summed E-state index contributed by atoms with van der Waals surface area (Å²) < 4.78 is 31.5. The van der Waals surface area contributed by atoms with Gasteiger partial charge < -0.3 is 50.1 Å². The van der Waals surface area contributed by atoms with E-state index in [0.717, 1.165) is 25.7 Å². The molecule has 0 saturated heterocycles. The molecule has 5 N–H and O–H groups in total. The maximum atomic E-state index is 13.6. The van der Waals surface area contributed by atoms with E-state index in [0.29, 0.717) is 38.8 Å². The van der Waals surface area contributed by atoms with Crippen LogP contribution in [0.2, 0.25) is 0 Å². The van der Waals surface area contributed by atoms with Crippen molar-refractivity contribution in [3.8, 4) is 0 Å². The lowest BCUT2D eigenvalue weighted by molar-refractivity contribution is -0.150. The topological polar surface area (TPSA) is 237 Å². The first-order chi connectivity index (χ1) is 26.0. The van der Waals surface area contributed by atoms with Gasteiger partial charge in [0.15, 0.2) is 0 Å². The highest BCUT2D eigenvalue weighted by Crippen LogP contribution is 2.09. The third kappa shape index (κ3) is 26.9. The van der Waals surface area contributed by atoms with Crippen LogP contribution in [0.1, 0.15) is 118 Å². The number of amides is 3. The Hall–Kier alpha value is -3.83. The molecule has 3 amide bonds. The van der Waals surface area contributed by atoms with Crippen LogP contribution in [0.3, 0.4) is 0 Å². The zero-order valence-electron chi connectivity index (χ0n) is 32.9. The smallest absolute Gasteiger partial charge is 0.328 e. The molecule has 0 aliphatic rings. The Bertz CT molecular complexity index is 1090. The van der Waals surface area contributed by atoms with Crippen molar-refractivity contribution in [2.75, 3.05) is 59.4 Å². The van der Waals surface area contributed by atoms with Gasteiger partial charge in [-0.1, -0.05) is 53.4 Å². The molecule has 0 spiro atoms. The number of nitrogens with two attached hydrogens (primary N) is 1. The fourth-order valence-corrected chi connectivity index (χ4v) is 4.45. The van der Waals surface area contributed by atoms with Crippen molar-refractivity contribution >= 4 is 41.6 Å². The molecular formula is C37H66N4O13. The van der Waals surface area contributed by atoms with E-state index in [1.165, 1.54) is 0 Å². The van der Waals surface area contributed by atoms with Gasteiger partial charge in [-0.3, -0.25) is 24.0 Å². The van der Waals surface area contributed by atoms with E-state index < -0.39 is 66.3 Å². The molecule has 0 saturated carbocycles. The number of esters is 4. The summed E-state index contributed by atoms with van der Waals surface area (Å²) in [5.41, 5.74) is 5.39. The summed E-state index contributed by atoms with van der Waals surface area (Å²) in [6, 6.07) is -3.76. The van der Waals surface area contributed by atoms with Crippen LogP contribution in [0.5, 0.6) is 0 Å². The van der Waals surface area contributed by atoms with Gasteiger partial charge in [-0.05, 0) is 44.9 Å². The largest absolute Gasteiger partial charge is 0.466 e. The minimum absolute atomic E-state index is 0.0721. The molecule has 0 bridgehead atoms. The number of carbonyl (C=O) groups is 7. The van der Waals surface area contributed by atoms with Gasteiger partial charge in [-0.2, -0.15) is 0 Å². The minimum Gasteiger partial charge on any atom is -0.466 e. The van der Waals surface area contributed by atoms with Gasteiger partial charge in [0.25, 0.3) is 0 Å². The average molecular weight is 775 g/mol. The number of nitrogens with one attached hydrogen (secondary N) is 3. The van der Waals surface area contributed by atoms with Gasteiger partial charge in [0, 0.05) is 25.8 Å². The molecule has 0 aromatic heterocycles. The molecule has 3 atom stereocenters. The van der Waals surface area contributed by atoms with Crippen molar-refractivity contribution in [2.45, 2.75) is 136 Å². The molecule has 0 radical (unpaired) electrons. The summed E-state index contributed by atoms with van der Waals surface area (Å²) in [7, 11) is 0. The standard InChI is InChI=1S/C37H66N4O13/c1-5-9-20-51-33(44)17-14-29(36(47)53-22-11-7-3)40-31(42)16-13-28(39-32(43)27-50-26-25-49-24-19-38)35(46)41-30(37(48)54-23-12-8-4)15-18-34(45)52-21-10-6-2/h28-30H,5-27,38H2,1-4H3,(H,39,43)(H,40,42)(H,41,46). The lowest BCUT2D eigenvalue weighted by Gasteiger charge is -2.23. The Morgan fingerprint density at radius 1 is 0.481 bits per heavy atom. The van der Waals surface area contributed by atoms with Crippen LogP contribution in [0.15, 0.2) is 0 Å². The molecular weight excluding hydrogens is 708 g/mol. The summed E-state index contributed by atoms with van der Waals surface area (Å²) in [6.45, 7) is 8.93. The van der Waals surface area contributed by atoms with Crippen LogP contribution in [-0.4, -0.2) is 119 Å². The van der Waals surface area contributed by atoms with Crippen LogP contribution in [0, 0.1) is 0 Å². The van der Waals surface area contributed by atoms with Gasteiger partial charge in [-0.25, -0.2) is 9.59 Å². The molecule has 0 aliphatic heterocycles. The van der Waals surface area contributed by atoms with Crippen LogP contribution in [0.4, 0.5) is 0 Å². The second-order valence-electron chi connectivity index (χ2n) is 12.6. The Morgan fingerprint density at radius 3 is 1.39 bits per heavy atom. The molecule has 0 aliphatic carbocycles. The summed E-state index contributed by atoms with van der Waals surface area (Å²) >= 11 is 0. The molecule has 17 heteroatoms. The first kappa shape index (κ1) is 50.2. The predicted octanol–water partition coefficient (Wildman–Crippen LogP) is 2.15. The van der Waals surface area contributed by atoms with Crippen LogP contribution < -0.4 is 21.7 Å². The van der Waals surface area contributed by atoms with Gasteiger partial charge in [0.2, 0.25) is 17.7 Å². The Balaban J connectivity index is 5.86. The summed E-state index contributed by atoms with van der Waals surface area (Å²) in [5.74, 6) is -4.70. The Morgan fingerprint density at radius 2 is 0.907 bits per heavy atom. The quantitative estimate of drug-likeness (QED) is 0.0417. The van der Waals surface area contributed by atoms with Gasteiger partial charge in [0.05, 0.1) is 46.2 Å². The lowest BCUT2D eigenvalue weighted by Crippen LogP contribution is -2.53. The molecule has 17 nitrogen and oxygen atoms in total. The number of hydrogen-bond acceptors (Lipinski definition) is 14. The molecule has 0 aromatic rings. The predicted molar refractivity (Wildman–Crippen MR) is 198 cm³/mol. The normalized spacial score (nSPS) is 12.5. The summed E-state index contributed by atoms with van der Waals surface area (Å²) in [4.78, 5) is 90.0. The first-order valence-electron chi connectivity index (χ1n) is 19.4. The summed E-state index contributed by atoms with van der Waals surface area (Å²) in [5, 5.41) is 7.67. The van der Waals surface area contributed by atoms with Crippen molar-refractivity contribution in [2.24, 2.45) is 5.73 Å². The molecule has 0 heterocycles. The van der Waals surface area contributed by atoms with E-state index in [4.69, 9.17) is 34.2 Å². The van der Waals surface area contributed by atoms with Gasteiger partial charge in [-0.15, -0.1) is 0 Å². The number of unbranched alkanes of at least 4 members (excludes halogenated alkanes) is 4. The monoisotopic (exact) mass is 774 g/mol. The van der Waals surface area contributed by atoms with Gasteiger partial charge in [0.1, 0.15) is 24.7 Å². The SMILES string of the molecule is CCCCOC(=O)CCC(NC(=O)CCC(NC(=O)COCCOCCN)C(=O)NC(CCC(=O)OCCCC)C(=O)OCCCC)C(=O)OCCCC. The second kappa shape index (κ2) is 33.7. The molecule has 0 rings (SSSR count). The van der Waals surface area contributed by atoms with Gasteiger partial charge >= 0.3 is 23.9 Å². The maximum Gasteiger partial charge on any atom is 0.328 e. The highest BCUT2D eigenvalue weighted by molar-refractivity contribution is 5.92. The van der Waals surface area contributed by atoms with Crippen molar-refractivity contribution in [1.29, 1.82) is 0 Å². The van der Waals surface area contributed by atoms with E-state index in [1.54, 1.807) is 0 Å². The average Bonchev–Trinajstić information content (AvgIpc) is 3.14. The van der Waals surface area contributed by atoms with Crippen molar-refractivity contribution in [3.05, 3.63) is 0 Å². The van der Waals surface area contributed by atoms with E-state index in [-0.39, 0.29) is 78.2 Å². The number of ether oxygens (including phenoxy) is 6. The lowest BCUT2D eigenvalue weighted by atomic mass is 10.1. The fraction of sp³-hybridized carbons (Fsp3) is 0.811. The Kier molecular flexibility index (Phi) is 31.3. The van der Waals surface area contributed by atoms with E-state index in [9.17, 15) is 33.6 Å².